The summed E-state index contributed by atoms with van der Waals surface area (Å²) in [4.78, 5) is 5.05. The van der Waals surface area contributed by atoms with Gasteiger partial charge >= 0.3 is 0 Å². The Labute approximate surface area is 334 Å². The van der Waals surface area contributed by atoms with Gasteiger partial charge in [-0.3, -0.25) is 0 Å². The van der Waals surface area contributed by atoms with Crippen molar-refractivity contribution in [2.45, 2.75) is 0 Å². The van der Waals surface area contributed by atoms with Crippen LogP contribution in [0.2, 0.25) is 0 Å². The van der Waals surface area contributed by atoms with Gasteiger partial charge in [-0.15, -0.1) is 0 Å². The van der Waals surface area contributed by atoms with Gasteiger partial charge in [0.15, 0.2) is 0 Å². The van der Waals surface area contributed by atoms with Gasteiger partial charge in [0.05, 0.1) is 0 Å². The molecule has 57 heavy (non-hydrogen) atoms. The molecule has 9 aromatic rings. The highest BCUT2D eigenvalue weighted by atomic mass is 15.2. The van der Waals surface area contributed by atoms with Gasteiger partial charge in [-0.1, -0.05) is 188 Å². The normalized spacial score (nSPS) is 12.5. The van der Waals surface area contributed by atoms with E-state index in [4.69, 9.17) is 0 Å². The Hall–Kier alpha value is -7.36. The molecule has 11 rings (SSSR count). The van der Waals surface area contributed by atoms with Gasteiger partial charge in [0.1, 0.15) is 0 Å². The predicted octanol–water partition coefficient (Wildman–Crippen LogP) is 12.4. The first-order valence-electron chi connectivity index (χ1n) is 19.7. The Morgan fingerprint density at radius 1 is 0.281 bits per heavy atom. The lowest BCUT2D eigenvalue weighted by Crippen LogP contribution is -2.61. The van der Waals surface area contributed by atoms with Crippen LogP contribution in [0.1, 0.15) is 0 Å². The molecular weight excluding hydrogens is 687 g/mol. The van der Waals surface area contributed by atoms with Crippen molar-refractivity contribution in [2.24, 2.45) is 0 Å². The second-order valence-electron chi connectivity index (χ2n) is 14.9. The maximum absolute atomic E-state index is 2.53. The Morgan fingerprint density at radius 3 is 1.21 bits per heavy atom. The Kier molecular flexibility index (Phi) is 7.96. The van der Waals surface area contributed by atoms with Gasteiger partial charge in [0.25, 0.3) is 6.71 Å². The smallest absolute Gasteiger partial charge is 0.252 e. The Bertz CT molecular complexity index is 2890. The first kappa shape index (κ1) is 33.0. The van der Waals surface area contributed by atoms with Gasteiger partial charge in [0.2, 0.25) is 0 Å². The summed E-state index contributed by atoms with van der Waals surface area (Å²) in [5.41, 5.74) is 20.7. The minimum absolute atomic E-state index is 0.00178. The average molecular weight is 725 g/mol. The van der Waals surface area contributed by atoms with E-state index in [-0.39, 0.29) is 6.71 Å². The summed E-state index contributed by atoms with van der Waals surface area (Å²) in [5.74, 6) is 0. The van der Waals surface area contributed by atoms with E-state index in [1.54, 1.807) is 0 Å². The average Bonchev–Trinajstić information content (AvgIpc) is 3.30. The number of hydrogen-bond acceptors (Lipinski definition) is 2. The minimum atomic E-state index is 0.00178. The molecule has 0 saturated carbocycles. The van der Waals surface area contributed by atoms with Crippen LogP contribution in [0.3, 0.4) is 0 Å². The molecule has 0 unspecified atom stereocenters. The number of benzene rings is 9. The van der Waals surface area contributed by atoms with E-state index in [9.17, 15) is 0 Å². The van der Waals surface area contributed by atoms with Crippen molar-refractivity contribution < 1.29 is 0 Å². The Morgan fingerprint density at radius 2 is 0.684 bits per heavy atom. The summed E-state index contributed by atoms with van der Waals surface area (Å²) >= 11 is 0. The van der Waals surface area contributed by atoms with Crippen molar-refractivity contribution in [1.29, 1.82) is 0 Å². The van der Waals surface area contributed by atoms with Crippen LogP contribution < -0.4 is 26.2 Å². The molecular formula is C54H37BN2. The van der Waals surface area contributed by atoms with Crippen LogP contribution in [0.25, 0.3) is 44.5 Å². The zero-order valence-corrected chi connectivity index (χ0v) is 31.3. The van der Waals surface area contributed by atoms with Crippen molar-refractivity contribution in [3.63, 3.8) is 0 Å². The largest absolute Gasteiger partial charge is 0.311 e. The fourth-order valence-electron chi connectivity index (χ4n) is 9.16. The summed E-state index contributed by atoms with van der Waals surface area (Å²) < 4.78 is 0. The Balaban J connectivity index is 1.20. The SMILES string of the molecule is c1ccc(-c2ccc(N3c4cccc5c4B(c4cccc(-c6ccccc6)c43)c3cccc(-c4ccccc4)c3N5c3cccc(-c4ccccc4)c3)cc2)cc1. The van der Waals surface area contributed by atoms with Crippen molar-refractivity contribution >= 4 is 57.2 Å². The quantitative estimate of drug-likeness (QED) is 0.158. The van der Waals surface area contributed by atoms with Gasteiger partial charge in [0, 0.05) is 45.3 Å². The van der Waals surface area contributed by atoms with E-state index in [2.05, 4.69) is 234 Å². The zero-order valence-electron chi connectivity index (χ0n) is 31.3. The van der Waals surface area contributed by atoms with Crippen LogP contribution >= 0.6 is 0 Å². The maximum Gasteiger partial charge on any atom is 0.252 e. The fourth-order valence-corrected chi connectivity index (χ4v) is 9.16. The number of rotatable bonds is 6. The molecule has 0 N–H and O–H groups in total. The summed E-state index contributed by atoms with van der Waals surface area (Å²) in [6, 6.07) is 82.0. The van der Waals surface area contributed by atoms with E-state index in [0.717, 1.165) is 11.4 Å². The molecule has 0 aromatic heterocycles. The highest BCUT2D eigenvalue weighted by Gasteiger charge is 2.44. The lowest BCUT2D eigenvalue weighted by atomic mass is 9.33. The third-order valence-electron chi connectivity index (χ3n) is 11.6. The summed E-state index contributed by atoms with van der Waals surface area (Å²) in [7, 11) is 0. The maximum atomic E-state index is 2.53. The van der Waals surface area contributed by atoms with Crippen molar-refractivity contribution in [3.05, 3.63) is 224 Å². The molecule has 0 aliphatic carbocycles. The van der Waals surface area contributed by atoms with Crippen molar-refractivity contribution in [2.75, 3.05) is 9.80 Å². The molecule has 0 atom stereocenters. The first-order chi connectivity index (χ1) is 28.3. The van der Waals surface area contributed by atoms with E-state index in [1.807, 2.05) is 0 Å². The van der Waals surface area contributed by atoms with E-state index < -0.39 is 0 Å². The number of para-hydroxylation sites is 2. The molecule has 3 heteroatoms. The number of nitrogens with zero attached hydrogens (tertiary/aromatic N) is 2. The van der Waals surface area contributed by atoms with Crippen molar-refractivity contribution in [3.8, 4) is 44.5 Å². The van der Waals surface area contributed by atoms with Crippen LogP contribution in [0.15, 0.2) is 224 Å². The number of anilines is 6. The molecule has 0 bridgehead atoms. The summed E-state index contributed by atoms with van der Waals surface area (Å²) in [5, 5.41) is 0. The van der Waals surface area contributed by atoms with Crippen LogP contribution in [0.4, 0.5) is 34.1 Å². The molecule has 2 heterocycles. The van der Waals surface area contributed by atoms with E-state index in [0.29, 0.717) is 0 Å². The second kappa shape index (κ2) is 13.7. The fraction of sp³-hybridized carbons (Fsp3) is 0. The van der Waals surface area contributed by atoms with E-state index in [1.165, 1.54) is 83.6 Å². The second-order valence-corrected chi connectivity index (χ2v) is 14.9. The molecule has 0 fully saturated rings. The van der Waals surface area contributed by atoms with Crippen LogP contribution in [-0.4, -0.2) is 6.71 Å². The zero-order chi connectivity index (χ0) is 37.7. The van der Waals surface area contributed by atoms with Crippen LogP contribution in [-0.2, 0) is 0 Å². The van der Waals surface area contributed by atoms with Gasteiger partial charge < -0.3 is 9.80 Å². The van der Waals surface area contributed by atoms with Crippen LogP contribution in [0.5, 0.6) is 0 Å². The van der Waals surface area contributed by atoms with Gasteiger partial charge in [-0.05, 0) is 86.2 Å². The van der Waals surface area contributed by atoms with Gasteiger partial charge in [-0.2, -0.15) is 0 Å². The molecule has 0 radical (unpaired) electrons. The highest BCUT2D eigenvalue weighted by Crippen LogP contribution is 2.49. The lowest BCUT2D eigenvalue weighted by Gasteiger charge is -2.45. The lowest BCUT2D eigenvalue weighted by molar-refractivity contribution is 1.25. The van der Waals surface area contributed by atoms with Gasteiger partial charge in [-0.25, -0.2) is 0 Å². The monoisotopic (exact) mass is 724 g/mol. The number of fused-ring (bicyclic) bond motifs is 4. The standard InChI is InChI=1S/C54H37BN2/c1-5-17-38(18-6-1)40-33-35-44(36-34-40)56-50-31-16-32-51-52(50)55(48-29-14-27-46(53(48)56)41-21-9-3-10-22-41)49-30-15-28-47(42-23-11-4-12-24-42)54(49)57(51)45-26-13-25-43(37-45)39-19-7-2-8-20-39/h1-37H. The highest BCUT2D eigenvalue weighted by molar-refractivity contribution is 7.00. The predicted molar refractivity (Wildman–Crippen MR) is 242 cm³/mol. The topological polar surface area (TPSA) is 6.48 Å². The molecule has 0 saturated heterocycles. The van der Waals surface area contributed by atoms with E-state index >= 15 is 0 Å². The summed E-state index contributed by atoms with van der Waals surface area (Å²) in [6.45, 7) is 0.00178. The minimum Gasteiger partial charge on any atom is -0.311 e. The molecule has 2 aliphatic rings. The molecule has 0 spiro atoms. The van der Waals surface area contributed by atoms with Crippen molar-refractivity contribution in [1.82, 2.24) is 0 Å². The molecule has 2 aliphatic heterocycles. The van der Waals surface area contributed by atoms with Crippen LogP contribution in [0, 0.1) is 0 Å². The molecule has 266 valence electrons. The molecule has 2 nitrogen and oxygen atoms in total. The third kappa shape index (κ3) is 5.51. The number of hydrogen-bond donors (Lipinski definition) is 0. The third-order valence-corrected chi connectivity index (χ3v) is 11.6. The first-order valence-corrected chi connectivity index (χ1v) is 19.7. The molecule has 0 amide bonds. The summed E-state index contributed by atoms with van der Waals surface area (Å²) in [6.07, 6.45) is 0. The molecule has 9 aromatic carbocycles.